The van der Waals surface area contributed by atoms with Crippen molar-refractivity contribution in [3.8, 4) is 0 Å². The highest BCUT2D eigenvalue weighted by molar-refractivity contribution is 5.97. The summed E-state index contributed by atoms with van der Waals surface area (Å²) in [5.74, 6) is -6.40. The van der Waals surface area contributed by atoms with Crippen LogP contribution in [0.3, 0.4) is 0 Å². The van der Waals surface area contributed by atoms with E-state index in [4.69, 9.17) is 16.6 Å². The SMILES string of the molecule is CC(C)CC(NC(=O)C(Cc1c[nH]c2ccccc12)NC(=O)C(CC(N)=O)NC(=O)C(N)CC(=O)O)C(=O)O. The van der Waals surface area contributed by atoms with Crippen LogP contribution < -0.4 is 27.4 Å². The molecule has 2 aromatic rings. The van der Waals surface area contributed by atoms with Crippen molar-refractivity contribution in [1.82, 2.24) is 20.9 Å². The summed E-state index contributed by atoms with van der Waals surface area (Å²) in [4.78, 5) is 76.1. The highest BCUT2D eigenvalue weighted by Crippen LogP contribution is 2.19. The normalized spacial score (nSPS) is 14.2. The first kappa shape index (κ1) is 30.8. The fourth-order valence-electron chi connectivity index (χ4n) is 3.94. The van der Waals surface area contributed by atoms with Crippen LogP contribution >= 0.6 is 0 Å². The van der Waals surface area contributed by atoms with E-state index in [2.05, 4.69) is 20.9 Å². The summed E-state index contributed by atoms with van der Waals surface area (Å²) in [6.07, 6.45) is 0.328. The molecule has 4 atom stereocenters. The number of nitrogens with one attached hydrogen (secondary N) is 4. The Morgan fingerprint density at radius 3 is 2.05 bits per heavy atom. The summed E-state index contributed by atoms with van der Waals surface area (Å²) >= 11 is 0. The van der Waals surface area contributed by atoms with Gasteiger partial charge in [-0.2, -0.15) is 0 Å². The zero-order valence-electron chi connectivity index (χ0n) is 21.6. The molecule has 1 heterocycles. The maximum atomic E-state index is 13.3. The van der Waals surface area contributed by atoms with Crippen molar-refractivity contribution in [2.45, 2.75) is 63.7 Å². The molecular weight excluding hydrogens is 512 g/mol. The van der Waals surface area contributed by atoms with Crippen LogP contribution in [0.25, 0.3) is 10.9 Å². The number of carbonyl (C=O) groups is 6. The van der Waals surface area contributed by atoms with E-state index < -0.39 is 72.6 Å². The molecule has 39 heavy (non-hydrogen) atoms. The lowest BCUT2D eigenvalue weighted by molar-refractivity contribution is -0.143. The molecule has 0 saturated heterocycles. The number of nitrogens with two attached hydrogens (primary N) is 2. The molecule has 0 radical (unpaired) electrons. The molecule has 0 aliphatic carbocycles. The molecule has 1 aromatic heterocycles. The summed E-state index contributed by atoms with van der Waals surface area (Å²) < 4.78 is 0. The topological polar surface area (TPSA) is 247 Å². The van der Waals surface area contributed by atoms with Crippen molar-refractivity contribution < 1.29 is 39.0 Å². The van der Waals surface area contributed by atoms with E-state index in [-0.39, 0.29) is 18.8 Å². The number of benzene rings is 1. The number of para-hydroxylation sites is 1. The summed E-state index contributed by atoms with van der Waals surface area (Å²) in [7, 11) is 0. The van der Waals surface area contributed by atoms with Crippen molar-refractivity contribution in [2.75, 3.05) is 0 Å². The number of carboxylic acids is 2. The fraction of sp³-hybridized carbons (Fsp3) is 0.440. The molecular formula is C25H34N6O8. The second kappa shape index (κ2) is 13.9. The average Bonchev–Trinajstić information content (AvgIpc) is 3.24. The number of H-pyrrole nitrogens is 1. The number of hydrogen-bond donors (Lipinski definition) is 8. The first-order chi connectivity index (χ1) is 18.3. The van der Waals surface area contributed by atoms with E-state index in [9.17, 15) is 33.9 Å². The minimum atomic E-state index is -1.57. The lowest BCUT2D eigenvalue weighted by atomic mass is 10.0. The molecule has 0 bridgehead atoms. The zero-order valence-corrected chi connectivity index (χ0v) is 21.6. The van der Waals surface area contributed by atoms with Gasteiger partial charge in [-0.15, -0.1) is 0 Å². The minimum Gasteiger partial charge on any atom is -0.481 e. The first-order valence-corrected chi connectivity index (χ1v) is 12.2. The monoisotopic (exact) mass is 546 g/mol. The Labute approximate surface area is 223 Å². The van der Waals surface area contributed by atoms with Crippen molar-refractivity contribution in [3.05, 3.63) is 36.0 Å². The molecule has 0 fully saturated rings. The molecule has 0 spiro atoms. The van der Waals surface area contributed by atoms with Gasteiger partial charge in [-0.05, 0) is 24.0 Å². The zero-order chi connectivity index (χ0) is 29.3. The second-order valence-electron chi connectivity index (χ2n) is 9.59. The van der Waals surface area contributed by atoms with E-state index >= 15 is 0 Å². The predicted octanol–water partition coefficient (Wildman–Crippen LogP) is -1.03. The summed E-state index contributed by atoms with van der Waals surface area (Å²) in [5, 5.41) is 26.3. The number of primary amides is 1. The van der Waals surface area contributed by atoms with E-state index in [0.717, 1.165) is 10.9 Å². The molecule has 1 aromatic carbocycles. The summed E-state index contributed by atoms with van der Waals surface area (Å²) in [6.45, 7) is 3.58. The van der Waals surface area contributed by atoms with Gasteiger partial charge in [0.05, 0.1) is 18.9 Å². The average molecular weight is 547 g/mol. The quantitative estimate of drug-likeness (QED) is 0.136. The Bertz CT molecular complexity index is 1230. The molecule has 10 N–H and O–H groups in total. The van der Waals surface area contributed by atoms with Gasteiger partial charge in [-0.1, -0.05) is 32.0 Å². The van der Waals surface area contributed by atoms with Gasteiger partial charge in [0.15, 0.2) is 0 Å². The Morgan fingerprint density at radius 1 is 0.872 bits per heavy atom. The van der Waals surface area contributed by atoms with Crippen LogP contribution in [0.5, 0.6) is 0 Å². The van der Waals surface area contributed by atoms with Gasteiger partial charge in [0, 0.05) is 23.5 Å². The fourth-order valence-corrected chi connectivity index (χ4v) is 3.94. The Kier molecular flexibility index (Phi) is 11.0. The van der Waals surface area contributed by atoms with Gasteiger partial charge in [0.2, 0.25) is 23.6 Å². The van der Waals surface area contributed by atoms with Gasteiger partial charge in [0.1, 0.15) is 18.1 Å². The third-order valence-electron chi connectivity index (χ3n) is 5.82. The highest BCUT2D eigenvalue weighted by atomic mass is 16.4. The first-order valence-electron chi connectivity index (χ1n) is 12.2. The molecule has 2 rings (SSSR count). The number of fused-ring (bicyclic) bond motifs is 1. The van der Waals surface area contributed by atoms with Crippen LogP contribution in [0.4, 0.5) is 0 Å². The number of carbonyl (C=O) groups excluding carboxylic acids is 4. The number of rotatable bonds is 15. The smallest absolute Gasteiger partial charge is 0.326 e. The molecule has 14 heteroatoms. The van der Waals surface area contributed by atoms with Crippen LogP contribution in [0.1, 0.15) is 38.7 Å². The molecule has 0 saturated carbocycles. The molecule has 0 aliphatic rings. The van der Waals surface area contributed by atoms with E-state index in [1.165, 1.54) is 0 Å². The molecule has 212 valence electrons. The minimum absolute atomic E-state index is 0.0572. The molecule has 4 amide bonds. The maximum Gasteiger partial charge on any atom is 0.326 e. The second-order valence-corrected chi connectivity index (χ2v) is 9.59. The largest absolute Gasteiger partial charge is 0.481 e. The van der Waals surface area contributed by atoms with Crippen molar-refractivity contribution >= 4 is 46.5 Å². The van der Waals surface area contributed by atoms with Crippen LogP contribution in [0.15, 0.2) is 30.5 Å². The highest BCUT2D eigenvalue weighted by Gasteiger charge is 2.32. The molecule has 4 unspecified atom stereocenters. The van der Waals surface area contributed by atoms with Crippen LogP contribution in [-0.2, 0) is 35.2 Å². The standard InChI is InChI=1S/C25H34N6O8/c1-12(2)7-19(25(38)39)31-23(36)17(8-13-11-28-16-6-4-3-5-14(13)16)30-24(37)18(10-20(27)32)29-22(35)15(26)9-21(33)34/h3-6,11-12,15,17-19,28H,7-10,26H2,1-2H3,(H2,27,32)(H,29,35)(H,30,37)(H,31,36)(H,33,34)(H,38,39). The van der Waals surface area contributed by atoms with Crippen LogP contribution in [0.2, 0.25) is 0 Å². The van der Waals surface area contributed by atoms with E-state index in [1.54, 1.807) is 32.2 Å². The van der Waals surface area contributed by atoms with Crippen LogP contribution in [-0.4, -0.2) is 74.9 Å². The van der Waals surface area contributed by atoms with E-state index in [0.29, 0.717) is 5.56 Å². The molecule has 14 nitrogen and oxygen atoms in total. The number of amides is 4. The predicted molar refractivity (Wildman–Crippen MR) is 139 cm³/mol. The van der Waals surface area contributed by atoms with Crippen molar-refractivity contribution in [3.63, 3.8) is 0 Å². The third kappa shape index (κ3) is 9.41. The Hall–Kier alpha value is -4.46. The van der Waals surface area contributed by atoms with Gasteiger partial charge >= 0.3 is 11.9 Å². The number of carboxylic acid groups (broad SMARTS) is 2. The number of aliphatic carboxylic acids is 2. The Balaban J connectivity index is 2.33. The van der Waals surface area contributed by atoms with Crippen LogP contribution in [0, 0.1) is 5.92 Å². The number of hydrogen-bond acceptors (Lipinski definition) is 7. The summed E-state index contributed by atoms with van der Waals surface area (Å²) in [5.41, 5.74) is 12.2. The van der Waals surface area contributed by atoms with Gasteiger partial charge in [-0.25, -0.2) is 4.79 Å². The van der Waals surface area contributed by atoms with Gasteiger partial charge in [-0.3, -0.25) is 24.0 Å². The van der Waals surface area contributed by atoms with Crippen molar-refractivity contribution in [2.24, 2.45) is 17.4 Å². The number of aromatic amines is 1. The number of aromatic nitrogens is 1. The lowest BCUT2D eigenvalue weighted by Gasteiger charge is -2.25. The summed E-state index contributed by atoms with van der Waals surface area (Å²) in [6, 6.07) is 1.59. The third-order valence-corrected chi connectivity index (χ3v) is 5.82. The molecule has 0 aliphatic heterocycles. The Morgan fingerprint density at radius 2 is 1.46 bits per heavy atom. The van der Waals surface area contributed by atoms with E-state index in [1.807, 2.05) is 12.1 Å². The van der Waals surface area contributed by atoms with Gasteiger partial charge < -0.3 is 42.6 Å². The van der Waals surface area contributed by atoms with Gasteiger partial charge in [0.25, 0.3) is 0 Å². The lowest BCUT2D eigenvalue weighted by Crippen LogP contribution is -2.58. The van der Waals surface area contributed by atoms with Crippen molar-refractivity contribution in [1.29, 1.82) is 0 Å². The maximum absolute atomic E-state index is 13.3.